The number of Topliss-reactive ketones (excluding diaryl/α,β-unsaturated/α-hetero) is 1. The number of thioether (sulfide) groups is 1. The number of halogens is 2. The van der Waals surface area contributed by atoms with Gasteiger partial charge in [0.15, 0.2) is 5.78 Å². The number of hydrogen-bond acceptors (Lipinski definition) is 2. The van der Waals surface area contributed by atoms with Gasteiger partial charge in [-0.3, -0.25) is 4.79 Å². The first-order valence-corrected chi connectivity index (χ1v) is 7.35. The molecule has 0 radical (unpaired) electrons. The molecule has 0 aromatic heterocycles. The van der Waals surface area contributed by atoms with E-state index in [1.54, 1.807) is 23.9 Å². The van der Waals surface area contributed by atoms with E-state index in [9.17, 15) is 9.18 Å². The highest BCUT2D eigenvalue weighted by Gasteiger charge is 2.20. The zero-order chi connectivity index (χ0) is 13.8. The summed E-state index contributed by atoms with van der Waals surface area (Å²) >= 11 is 7.77. The van der Waals surface area contributed by atoms with Gasteiger partial charge in [0.2, 0.25) is 0 Å². The third-order valence-corrected chi connectivity index (χ3v) is 3.90. The van der Waals surface area contributed by atoms with Crippen LogP contribution in [0.15, 0.2) is 53.4 Å². The molecule has 2 aromatic rings. The molecule has 0 saturated heterocycles. The van der Waals surface area contributed by atoms with Crippen LogP contribution >= 0.6 is 23.4 Å². The third-order valence-electron chi connectivity index (χ3n) is 2.73. The lowest BCUT2D eigenvalue weighted by Gasteiger charge is -2.10. The van der Waals surface area contributed by atoms with Gasteiger partial charge in [-0.25, -0.2) is 4.39 Å². The summed E-state index contributed by atoms with van der Waals surface area (Å²) in [6.45, 7) is 0. The Kier molecular flexibility index (Phi) is 4.61. The van der Waals surface area contributed by atoms with E-state index in [1.807, 2.05) is 24.5 Å². The zero-order valence-electron chi connectivity index (χ0n) is 10.3. The number of carbonyl (C=O) groups excluding carboxylic acids is 1. The van der Waals surface area contributed by atoms with Gasteiger partial charge in [-0.1, -0.05) is 24.3 Å². The van der Waals surface area contributed by atoms with E-state index < -0.39 is 11.2 Å². The highest BCUT2D eigenvalue weighted by Crippen LogP contribution is 2.28. The summed E-state index contributed by atoms with van der Waals surface area (Å²) in [7, 11) is 0. The molecule has 0 aliphatic rings. The first-order chi connectivity index (χ1) is 9.11. The van der Waals surface area contributed by atoms with Crippen molar-refractivity contribution in [3.63, 3.8) is 0 Å². The molecule has 0 amide bonds. The normalized spacial score (nSPS) is 12.2. The van der Waals surface area contributed by atoms with Crippen LogP contribution in [0, 0.1) is 5.82 Å². The fourth-order valence-electron chi connectivity index (χ4n) is 1.74. The standard InChI is InChI=1S/C15H12ClFOS/c1-19-13-7-3-4-10(9-13)14(16)15(18)11-5-2-6-12(17)8-11/h2-9,14H,1H3. The van der Waals surface area contributed by atoms with Gasteiger partial charge >= 0.3 is 0 Å². The minimum Gasteiger partial charge on any atom is -0.292 e. The van der Waals surface area contributed by atoms with Crippen LogP contribution < -0.4 is 0 Å². The van der Waals surface area contributed by atoms with Crippen LogP contribution in [-0.2, 0) is 0 Å². The van der Waals surface area contributed by atoms with Crippen molar-refractivity contribution in [2.24, 2.45) is 0 Å². The molecule has 19 heavy (non-hydrogen) atoms. The lowest BCUT2D eigenvalue weighted by molar-refractivity contribution is 0.0986. The van der Waals surface area contributed by atoms with Gasteiger partial charge in [-0.15, -0.1) is 23.4 Å². The molecule has 2 rings (SSSR count). The highest BCUT2D eigenvalue weighted by molar-refractivity contribution is 7.98. The summed E-state index contributed by atoms with van der Waals surface area (Å²) < 4.78 is 13.1. The van der Waals surface area contributed by atoms with Gasteiger partial charge in [-0.2, -0.15) is 0 Å². The molecule has 0 bridgehead atoms. The summed E-state index contributed by atoms with van der Waals surface area (Å²) in [4.78, 5) is 13.2. The van der Waals surface area contributed by atoms with Gasteiger partial charge in [-0.05, 0) is 36.1 Å². The molecule has 1 atom stereocenters. The molecule has 0 aliphatic carbocycles. The van der Waals surface area contributed by atoms with Crippen LogP contribution in [0.2, 0.25) is 0 Å². The Morgan fingerprint density at radius 2 is 1.95 bits per heavy atom. The van der Waals surface area contributed by atoms with Gasteiger partial charge < -0.3 is 0 Å². The topological polar surface area (TPSA) is 17.1 Å². The monoisotopic (exact) mass is 294 g/mol. The molecule has 0 heterocycles. The number of alkyl halides is 1. The van der Waals surface area contributed by atoms with E-state index >= 15 is 0 Å². The molecule has 0 spiro atoms. The zero-order valence-corrected chi connectivity index (χ0v) is 11.8. The predicted octanol–water partition coefficient (Wildman–Crippen LogP) is 4.71. The second-order valence-electron chi connectivity index (χ2n) is 4.01. The van der Waals surface area contributed by atoms with Crippen molar-refractivity contribution in [1.29, 1.82) is 0 Å². The fraction of sp³-hybridized carbons (Fsp3) is 0.133. The summed E-state index contributed by atoms with van der Waals surface area (Å²) in [5.74, 6) is -0.730. The first kappa shape index (κ1) is 14.1. The van der Waals surface area contributed by atoms with Crippen LogP contribution in [0.5, 0.6) is 0 Å². The van der Waals surface area contributed by atoms with E-state index in [0.29, 0.717) is 0 Å². The largest absolute Gasteiger partial charge is 0.292 e. The average Bonchev–Trinajstić information content (AvgIpc) is 2.45. The summed E-state index contributed by atoms with van der Waals surface area (Å²) in [5.41, 5.74) is 1.01. The van der Waals surface area contributed by atoms with Crippen molar-refractivity contribution >= 4 is 29.1 Å². The second-order valence-corrected chi connectivity index (χ2v) is 5.33. The van der Waals surface area contributed by atoms with E-state index in [0.717, 1.165) is 10.5 Å². The number of hydrogen-bond donors (Lipinski definition) is 0. The van der Waals surface area contributed by atoms with Crippen molar-refractivity contribution in [2.45, 2.75) is 10.3 Å². The van der Waals surface area contributed by atoms with Crippen molar-refractivity contribution < 1.29 is 9.18 Å². The number of ketones is 1. The lowest BCUT2D eigenvalue weighted by Crippen LogP contribution is -2.07. The molecule has 0 aliphatic heterocycles. The lowest BCUT2D eigenvalue weighted by atomic mass is 10.0. The molecule has 1 unspecified atom stereocenters. The quantitative estimate of drug-likeness (QED) is 0.461. The van der Waals surface area contributed by atoms with Crippen LogP contribution in [0.4, 0.5) is 4.39 Å². The SMILES string of the molecule is CSc1cccc(C(Cl)C(=O)c2cccc(F)c2)c1. The van der Waals surface area contributed by atoms with Gasteiger partial charge in [0.25, 0.3) is 0 Å². The van der Waals surface area contributed by atoms with Crippen molar-refractivity contribution in [3.05, 3.63) is 65.5 Å². The maximum atomic E-state index is 13.1. The van der Waals surface area contributed by atoms with Crippen LogP contribution in [0.1, 0.15) is 21.3 Å². The summed E-state index contributed by atoms with van der Waals surface area (Å²) in [6, 6.07) is 13.1. The summed E-state index contributed by atoms with van der Waals surface area (Å²) in [5, 5.41) is -0.797. The van der Waals surface area contributed by atoms with Crippen LogP contribution in [0.3, 0.4) is 0 Å². The molecule has 0 N–H and O–H groups in total. The predicted molar refractivity (Wildman–Crippen MR) is 77.5 cm³/mol. The first-order valence-electron chi connectivity index (χ1n) is 5.69. The maximum Gasteiger partial charge on any atom is 0.185 e. The minimum absolute atomic E-state index is 0.287. The van der Waals surface area contributed by atoms with E-state index in [1.165, 1.54) is 18.2 Å². The van der Waals surface area contributed by atoms with E-state index in [4.69, 9.17) is 11.6 Å². The van der Waals surface area contributed by atoms with Crippen molar-refractivity contribution in [1.82, 2.24) is 0 Å². The van der Waals surface area contributed by atoms with Gasteiger partial charge in [0.1, 0.15) is 11.2 Å². The Morgan fingerprint density at radius 1 is 1.21 bits per heavy atom. The number of carbonyl (C=O) groups is 1. The molecule has 1 nitrogen and oxygen atoms in total. The maximum absolute atomic E-state index is 13.1. The molecule has 98 valence electrons. The second kappa shape index (κ2) is 6.22. The van der Waals surface area contributed by atoms with Crippen LogP contribution in [-0.4, -0.2) is 12.0 Å². The average molecular weight is 295 g/mol. The number of benzene rings is 2. The van der Waals surface area contributed by atoms with Crippen LogP contribution in [0.25, 0.3) is 0 Å². The molecular formula is C15H12ClFOS. The number of rotatable bonds is 4. The highest BCUT2D eigenvalue weighted by atomic mass is 35.5. The Bertz CT molecular complexity index is 600. The Morgan fingerprint density at radius 3 is 2.63 bits per heavy atom. The van der Waals surface area contributed by atoms with Gasteiger partial charge in [0, 0.05) is 10.5 Å². The Labute approximate surface area is 120 Å². The fourth-order valence-corrected chi connectivity index (χ4v) is 2.47. The van der Waals surface area contributed by atoms with E-state index in [2.05, 4.69) is 0 Å². The van der Waals surface area contributed by atoms with Gasteiger partial charge in [0.05, 0.1) is 0 Å². The Hall–Kier alpha value is -1.32. The molecule has 0 fully saturated rings. The van der Waals surface area contributed by atoms with Crippen molar-refractivity contribution in [3.8, 4) is 0 Å². The summed E-state index contributed by atoms with van der Waals surface area (Å²) in [6.07, 6.45) is 1.96. The molecule has 2 aromatic carbocycles. The third kappa shape index (κ3) is 3.37. The molecule has 0 saturated carbocycles. The van der Waals surface area contributed by atoms with Crippen molar-refractivity contribution in [2.75, 3.05) is 6.26 Å². The van der Waals surface area contributed by atoms with E-state index in [-0.39, 0.29) is 11.3 Å². The molecular weight excluding hydrogens is 283 g/mol. The smallest absolute Gasteiger partial charge is 0.185 e. The Balaban J connectivity index is 2.28. The molecule has 4 heteroatoms. The minimum atomic E-state index is -0.797.